The van der Waals surface area contributed by atoms with Gasteiger partial charge < -0.3 is 19.8 Å². The van der Waals surface area contributed by atoms with Crippen molar-refractivity contribution in [3.63, 3.8) is 0 Å². The Bertz CT molecular complexity index is 1470. The Kier molecular flexibility index (Phi) is 5.62. The summed E-state index contributed by atoms with van der Waals surface area (Å²) in [6, 6.07) is 16.9. The van der Waals surface area contributed by atoms with Gasteiger partial charge in [0.05, 0.1) is 11.1 Å². The predicted octanol–water partition coefficient (Wildman–Crippen LogP) is 5.98. The van der Waals surface area contributed by atoms with Crippen LogP contribution in [0.3, 0.4) is 0 Å². The van der Waals surface area contributed by atoms with Crippen molar-refractivity contribution in [2.45, 2.75) is 45.6 Å². The average molecular weight is 454 g/mol. The Morgan fingerprint density at radius 3 is 2.50 bits per heavy atom. The van der Waals surface area contributed by atoms with Crippen LogP contribution in [0.25, 0.3) is 33.4 Å². The number of aromatic hydroxyl groups is 1. The number of benzene rings is 2. The number of anilines is 1. The molecule has 5 rings (SSSR count). The van der Waals surface area contributed by atoms with E-state index in [4.69, 9.17) is 10.2 Å². The standard InChI is InChI=1S/C28H27N3O3/c1-17-11-13-19(14-12-17)23-21(15-29)27(30)31(16-18-7-3-2-4-8-18)25(23)24-26(32)20-9-5-6-10-22(20)34-28(24)33/h5-6,9-14,18,32H,2-4,7-8,16,30H2,1H3. The van der Waals surface area contributed by atoms with Gasteiger partial charge in [-0.25, -0.2) is 4.79 Å². The highest BCUT2D eigenvalue weighted by molar-refractivity contribution is 5.96. The molecular formula is C28H27N3O3. The number of nitriles is 1. The van der Waals surface area contributed by atoms with Gasteiger partial charge in [0, 0.05) is 12.1 Å². The third-order valence-electron chi connectivity index (χ3n) is 6.94. The summed E-state index contributed by atoms with van der Waals surface area (Å²) in [6.07, 6.45) is 5.66. The Balaban J connectivity index is 1.84. The molecule has 0 atom stereocenters. The third-order valence-corrected chi connectivity index (χ3v) is 6.94. The molecule has 0 radical (unpaired) electrons. The molecule has 0 spiro atoms. The van der Waals surface area contributed by atoms with Gasteiger partial charge in [0.25, 0.3) is 0 Å². The Hall–Kier alpha value is -3.98. The second kappa shape index (κ2) is 8.75. The maximum atomic E-state index is 13.3. The maximum absolute atomic E-state index is 13.3. The lowest BCUT2D eigenvalue weighted by atomic mass is 9.89. The van der Waals surface area contributed by atoms with Crippen molar-refractivity contribution in [3.8, 4) is 34.2 Å². The zero-order valence-electron chi connectivity index (χ0n) is 19.2. The number of nitrogens with zero attached hydrogens (tertiary/aromatic N) is 2. The molecule has 2 aromatic carbocycles. The molecule has 172 valence electrons. The van der Waals surface area contributed by atoms with Crippen LogP contribution in [0.15, 0.2) is 57.7 Å². The molecule has 1 fully saturated rings. The molecule has 0 unspecified atom stereocenters. The van der Waals surface area contributed by atoms with Gasteiger partial charge in [0.1, 0.15) is 34.3 Å². The van der Waals surface area contributed by atoms with Gasteiger partial charge in [0.15, 0.2) is 0 Å². The summed E-state index contributed by atoms with van der Waals surface area (Å²) in [4.78, 5) is 13.3. The van der Waals surface area contributed by atoms with Crippen molar-refractivity contribution >= 4 is 16.8 Å². The van der Waals surface area contributed by atoms with Crippen LogP contribution in [0.5, 0.6) is 5.75 Å². The molecule has 0 aliphatic heterocycles. The highest BCUT2D eigenvalue weighted by Gasteiger charge is 2.30. The Labute approximate surface area is 197 Å². The number of nitrogens with two attached hydrogens (primary N) is 1. The fraction of sp³-hybridized carbons (Fsp3) is 0.286. The van der Waals surface area contributed by atoms with Gasteiger partial charge in [-0.3, -0.25) is 0 Å². The van der Waals surface area contributed by atoms with E-state index in [0.717, 1.165) is 36.8 Å². The number of fused-ring (bicyclic) bond motifs is 1. The normalized spacial score (nSPS) is 14.4. The molecule has 1 saturated carbocycles. The smallest absolute Gasteiger partial charge is 0.349 e. The first-order chi connectivity index (χ1) is 16.5. The van der Waals surface area contributed by atoms with Crippen LogP contribution in [0.2, 0.25) is 0 Å². The summed E-state index contributed by atoms with van der Waals surface area (Å²) in [6.45, 7) is 2.57. The molecule has 2 aromatic heterocycles. The third kappa shape index (κ3) is 3.63. The number of hydrogen-bond donors (Lipinski definition) is 2. The zero-order valence-corrected chi connectivity index (χ0v) is 19.2. The van der Waals surface area contributed by atoms with Crippen LogP contribution in [0.4, 0.5) is 5.82 Å². The molecule has 2 heterocycles. The minimum atomic E-state index is -0.656. The van der Waals surface area contributed by atoms with Gasteiger partial charge >= 0.3 is 5.63 Å². The summed E-state index contributed by atoms with van der Waals surface area (Å²) < 4.78 is 7.46. The van der Waals surface area contributed by atoms with E-state index in [9.17, 15) is 15.2 Å². The van der Waals surface area contributed by atoms with Crippen molar-refractivity contribution < 1.29 is 9.52 Å². The monoisotopic (exact) mass is 453 g/mol. The number of aryl methyl sites for hydroxylation is 1. The van der Waals surface area contributed by atoms with Gasteiger partial charge in [-0.2, -0.15) is 5.26 Å². The summed E-state index contributed by atoms with van der Waals surface area (Å²) >= 11 is 0. The summed E-state index contributed by atoms with van der Waals surface area (Å²) in [7, 11) is 0. The lowest BCUT2D eigenvalue weighted by Gasteiger charge is -2.24. The summed E-state index contributed by atoms with van der Waals surface area (Å²) in [5.74, 6) is 0.534. The molecule has 34 heavy (non-hydrogen) atoms. The summed E-state index contributed by atoms with van der Waals surface area (Å²) in [5.41, 5.74) is 9.41. The van der Waals surface area contributed by atoms with Gasteiger partial charge in [-0.1, -0.05) is 61.2 Å². The van der Waals surface area contributed by atoms with Crippen molar-refractivity contribution in [1.82, 2.24) is 4.57 Å². The Morgan fingerprint density at radius 1 is 1.09 bits per heavy atom. The number of para-hydroxylation sites is 1. The van der Waals surface area contributed by atoms with Gasteiger partial charge in [0.2, 0.25) is 0 Å². The van der Waals surface area contributed by atoms with Crippen LogP contribution in [0.1, 0.15) is 43.2 Å². The molecule has 0 amide bonds. The van der Waals surface area contributed by atoms with E-state index in [0.29, 0.717) is 46.1 Å². The van der Waals surface area contributed by atoms with E-state index in [1.807, 2.05) is 35.8 Å². The molecule has 6 nitrogen and oxygen atoms in total. The van der Waals surface area contributed by atoms with Crippen LogP contribution in [-0.4, -0.2) is 9.67 Å². The fourth-order valence-electron chi connectivity index (χ4n) is 5.17. The fourth-order valence-corrected chi connectivity index (χ4v) is 5.17. The molecule has 1 aliphatic carbocycles. The first-order valence-electron chi connectivity index (χ1n) is 11.7. The van der Waals surface area contributed by atoms with E-state index in [2.05, 4.69) is 6.07 Å². The SMILES string of the molecule is Cc1ccc(-c2c(C#N)c(N)n(CC3CCCCC3)c2-c2c(O)c3ccccc3oc2=O)cc1. The molecule has 1 aliphatic rings. The molecule has 6 heteroatoms. The van der Waals surface area contributed by atoms with E-state index in [1.54, 1.807) is 24.3 Å². The van der Waals surface area contributed by atoms with E-state index in [1.165, 1.54) is 6.42 Å². The number of hydrogen-bond acceptors (Lipinski definition) is 5. The van der Waals surface area contributed by atoms with Crippen molar-refractivity contribution in [2.75, 3.05) is 5.73 Å². The van der Waals surface area contributed by atoms with Crippen LogP contribution >= 0.6 is 0 Å². The van der Waals surface area contributed by atoms with Crippen molar-refractivity contribution in [1.29, 1.82) is 5.26 Å². The van der Waals surface area contributed by atoms with Crippen LogP contribution < -0.4 is 11.4 Å². The quantitative estimate of drug-likeness (QED) is 0.370. The highest BCUT2D eigenvalue weighted by atomic mass is 16.4. The van der Waals surface area contributed by atoms with E-state index in [-0.39, 0.29) is 11.3 Å². The molecule has 4 aromatic rings. The highest BCUT2D eigenvalue weighted by Crippen LogP contribution is 2.44. The first kappa shape index (κ1) is 21.8. The molecular weight excluding hydrogens is 426 g/mol. The lowest BCUT2D eigenvalue weighted by molar-refractivity contribution is 0.322. The topological polar surface area (TPSA) is 105 Å². The van der Waals surface area contributed by atoms with E-state index >= 15 is 0 Å². The maximum Gasteiger partial charge on any atom is 0.349 e. The van der Waals surface area contributed by atoms with Crippen LogP contribution in [-0.2, 0) is 6.54 Å². The number of rotatable bonds is 4. The van der Waals surface area contributed by atoms with Crippen molar-refractivity contribution in [2.24, 2.45) is 5.92 Å². The van der Waals surface area contributed by atoms with Gasteiger partial charge in [-0.05, 0) is 43.4 Å². The molecule has 0 saturated heterocycles. The van der Waals surface area contributed by atoms with Crippen LogP contribution in [0, 0.1) is 24.2 Å². The molecule has 3 N–H and O–H groups in total. The minimum Gasteiger partial charge on any atom is -0.506 e. The summed E-state index contributed by atoms with van der Waals surface area (Å²) in [5, 5.41) is 21.9. The number of aromatic nitrogens is 1. The van der Waals surface area contributed by atoms with E-state index < -0.39 is 5.63 Å². The van der Waals surface area contributed by atoms with Crippen molar-refractivity contribution in [3.05, 3.63) is 70.1 Å². The second-order valence-electron chi connectivity index (χ2n) is 9.19. The largest absolute Gasteiger partial charge is 0.506 e. The second-order valence-corrected chi connectivity index (χ2v) is 9.19. The predicted molar refractivity (Wildman–Crippen MR) is 133 cm³/mol. The zero-order chi connectivity index (χ0) is 23.8. The Morgan fingerprint density at radius 2 is 1.79 bits per heavy atom. The average Bonchev–Trinajstić information content (AvgIpc) is 3.11. The molecule has 0 bridgehead atoms. The number of nitrogen functional groups attached to an aromatic ring is 1. The lowest BCUT2D eigenvalue weighted by Crippen LogP contribution is -2.18. The van der Waals surface area contributed by atoms with Gasteiger partial charge in [-0.15, -0.1) is 0 Å². The first-order valence-corrected chi connectivity index (χ1v) is 11.7. The minimum absolute atomic E-state index is 0.0401.